The molecule has 2 aromatic carbocycles. The van der Waals surface area contributed by atoms with Gasteiger partial charge < -0.3 is 29.2 Å². The van der Waals surface area contributed by atoms with Gasteiger partial charge in [0.1, 0.15) is 28.7 Å². The van der Waals surface area contributed by atoms with Gasteiger partial charge in [0.15, 0.2) is 0 Å². The summed E-state index contributed by atoms with van der Waals surface area (Å²) in [4.78, 5) is 24.7. The van der Waals surface area contributed by atoms with Crippen LogP contribution in [0.4, 0.5) is 9.18 Å². The molecule has 2 N–H and O–H groups in total. The van der Waals surface area contributed by atoms with Crippen molar-refractivity contribution in [2.75, 3.05) is 6.54 Å². The first-order chi connectivity index (χ1) is 19.5. The monoisotopic (exact) mass is 580 g/mol. The van der Waals surface area contributed by atoms with Crippen LogP contribution in [0.2, 0.25) is 0 Å². The van der Waals surface area contributed by atoms with E-state index in [1.807, 2.05) is 26.8 Å². The zero-order valence-corrected chi connectivity index (χ0v) is 25.6. The summed E-state index contributed by atoms with van der Waals surface area (Å²) in [6, 6.07) is 9.66. The summed E-state index contributed by atoms with van der Waals surface area (Å²) in [7, 11) is 1.66. The van der Waals surface area contributed by atoms with Gasteiger partial charge in [0, 0.05) is 37.0 Å². The van der Waals surface area contributed by atoms with E-state index in [1.165, 1.54) is 22.8 Å². The fourth-order valence-corrected chi connectivity index (χ4v) is 4.95. The largest absolute Gasteiger partial charge is 0.489 e. The highest BCUT2D eigenvalue weighted by molar-refractivity contribution is 5.76. The van der Waals surface area contributed by atoms with Crippen molar-refractivity contribution in [3.63, 3.8) is 0 Å². The molecule has 8 nitrogen and oxygen atoms in total. The summed E-state index contributed by atoms with van der Waals surface area (Å²) < 4.78 is 33.5. The van der Waals surface area contributed by atoms with Gasteiger partial charge in [-0.05, 0) is 108 Å². The molecular formula is C33H41FN2O6. The van der Waals surface area contributed by atoms with E-state index >= 15 is 0 Å². The first-order valence-corrected chi connectivity index (χ1v) is 14.2. The molecule has 1 amide bonds. The highest BCUT2D eigenvalue weighted by atomic mass is 19.1. The minimum atomic E-state index is -1.14. The van der Waals surface area contributed by atoms with Crippen LogP contribution in [-0.2, 0) is 17.4 Å². The number of amides is 1. The molecular weight excluding hydrogens is 539 g/mol. The van der Waals surface area contributed by atoms with Crippen LogP contribution in [0.3, 0.4) is 0 Å². The van der Waals surface area contributed by atoms with Crippen molar-refractivity contribution in [2.24, 2.45) is 13.0 Å². The molecule has 0 radical (unpaired) electrons. The number of alkyl carbamates (subject to hydrolysis) is 1. The predicted molar refractivity (Wildman–Crippen MR) is 160 cm³/mol. The van der Waals surface area contributed by atoms with E-state index in [-0.39, 0.29) is 23.4 Å². The zero-order valence-electron chi connectivity index (χ0n) is 25.6. The Bertz CT molecular complexity index is 1500. The van der Waals surface area contributed by atoms with Crippen LogP contribution in [0.5, 0.6) is 17.2 Å². The lowest BCUT2D eigenvalue weighted by atomic mass is 9.82. The Morgan fingerprint density at radius 3 is 2.26 bits per heavy atom. The van der Waals surface area contributed by atoms with Crippen molar-refractivity contribution in [2.45, 2.75) is 78.6 Å². The van der Waals surface area contributed by atoms with Gasteiger partial charge in [-0.2, -0.15) is 0 Å². The molecule has 0 spiro atoms. The van der Waals surface area contributed by atoms with Crippen molar-refractivity contribution in [3.05, 3.63) is 75.5 Å². The number of carbonyl (C=O) groups excluding carboxylic acids is 1. The molecule has 0 saturated heterocycles. The van der Waals surface area contributed by atoms with Gasteiger partial charge in [-0.3, -0.25) is 4.79 Å². The van der Waals surface area contributed by atoms with E-state index in [0.29, 0.717) is 64.5 Å². The summed E-state index contributed by atoms with van der Waals surface area (Å²) >= 11 is 0. The normalized spacial score (nSPS) is 16.9. The van der Waals surface area contributed by atoms with E-state index in [1.54, 1.807) is 53.1 Å². The Balaban J connectivity index is 1.63. The van der Waals surface area contributed by atoms with Crippen molar-refractivity contribution in [1.29, 1.82) is 0 Å². The smallest absolute Gasteiger partial charge is 0.407 e. The number of nitrogens with zero attached hydrogens (tertiary/aromatic N) is 1. The summed E-state index contributed by atoms with van der Waals surface area (Å²) in [6.45, 7) is 12.9. The van der Waals surface area contributed by atoms with Gasteiger partial charge in [0.25, 0.3) is 5.56 Å². The summed E-state index contributed by atoms with van der Waals surface area (Å²) in [6.07, 6.45) is 2.49. The lowest BCUT2D eigenvalue weighted by Crippen LogP contribution is -2.42. The number of hydrogen-bond acceptors (Lipinski definition) is 6. The van der Waals surface area contributed by atoms with Crippen LogP contribution in [0.1, 0.15) is 64.2 Å². The molecule has 9 heteroatoms. The third-order valence-electron chi connectivity index (χ3n) is 7.22. The first-order valence-electron chi connectivity index (χ1n) is 14.2. The molecule has 1 aliphatic rings. The van der Waals surface area contributed by atoms with Crippen molar-refractivity contribution in [1.82, 2.24) is 9.88 Å². The van der Waals surface area contributed by atoms with Gasteiger partial charge in [0.2, 0.25) is 0 Å². The molecule has 1 heterocycles. The maximum atomic E-state index is 14.0. The van der Waals surface area contributed by atoms with Crippen LogP contribution in [0, 0.1) is 25.6 Å². The second-order valence-electron chi connectivity index (χ2n) is 12.7. The Kier molecular flexibility index (Phi) is 8.73. The summed E-state index contributed by atoms with van der Waals surface area (Å²) in [5, 5.41) is 13.6. The highest BCUT2D eigenvalue weighted by Crippen LogP contribution is 2.43. The number of aliphatic hydroxyl groups is 1. The van der Waals surface area contributed by atoms with Crippen LogP contribution in [-0.4, -0.2) is 34.0 Å². The van der Waals surface area contributed by atoms with Gasteiger partial charge >= 0.3 is 6.09 Å². The first kappa shape index (κ1) is 31.1. The van der Waals surface area contributed by atoms with Crippen LogP contribution in [0.15, 0.2) is 47.4 Å². The number of hydrogen-bond donors (Lipinski definition) is 2. The average molecular weight is 581 g/mol. The molecule has 3 aromatic rings. The second-order valence-corrected chi connectivity index (χ2v) is 12.7. The standard InChI is InChI=1S/C33H41FN2O6/c1-19-11-23(34)12-20(2)30(19)41-27-10-9-22(33(6,7)39)15-25(27)26-18-36(8)29(37)16-28(26)40-24-13-21(14-24)17-35-31(38)42-32(3,4)5/h9-12,15-16,18,21,24,39H,13-14,17H2,1-8H3,(H,35,38). The van der Waals surface area contributed by atoms with Crippen LogP contribution >= 0.6 is 0 Å². The molecule has 42 heavy (non-hydrogen) atoms. The molecule has 1 aromatic heterocycles. The Morgan fingerprint density at radius 1 is 1.02 bits per heavy atom. The number of ether oxygens (including phenoxy) is 3. The zero-order chi connectivity index (χ0) is 31.0. The van der Waals surface area contributed by atoms with E-state index in [4.69, 9.17) is 14.2 Å². The van der Waals surface area contributed by atoms with E-state index < -0.39 is 17.3 Å². The number of nitrogens with one attached hydrogen (secondary N) is 1. The van der Waals surface area contributed by atoms with E-state index in [2.05, 4.69) is 5.32 Å². The van der Waals surface area contributed by atoms with Gasteiger partial charge in [-0.25, -0.2) is 9.18 Å². The fourth-order valence-electron chi connectivity index (χ4n) is 4.95. The molecule has 1 fully saturated rings. The Hall–Kier alpha value is -3.85. The quantitative estimate of drug-likeness (QED) is 0.315. The minimum Gasteiger partial charge on any atom is -0.489 e. The topological polar surface area (TPSA) is 99.0 Å². The molecule has 4 rings (SSSR count). The molecule has 0 atom stereocenters. The predicted octanol–water partition coefficient (Wildman–Crippen LogP) is 6.51. The van der Waals surface area contributed by atoms with Crippen molar-refractivity contribution >= 4 is 6.09 Å². The maximum Gasteiger partial charge on any atom is 0.407 e. The summed E-state index contributed by atoms with van der Waals surface area (Å²) in [5.74, 6) is 1.27. The number of rotatable bonds is 8. The molecule has 0 aliphatic heterocycles. The highest BCUT2D eigenvalue weighted by Gasteiger charge is 2.33. The molecule has 1 aliphatic carbocycles. The van der Waals surface area contributed by atoms with Crippen molar-refractivity contribution < 1.29 is 28.5 Å². The number of pyridine rings is 1. The Morgan fingerprint density at radius 2 is 1.67 bits per heavy atom. The van der Waals surface area contributed by atoms with Gasteiger partial charge in [0.05, 0.1) is 11.7 Å². The second kappa shape index (κ2) is 11.8. The molecule has 0 bridgehead atoms. The van der Waals surface area contributed by atoms with Crippen molar-refractivity contribution in [3.8, 4) is 28.4 Å². The summed E-state index contributed by atoms with van der Waals surface area (Å²) in [5.41, 5.74) is 1.22. The molecule has 1 saturated carbocycles. The van der Waals surface area contributed by atoms with E-state index in [0.717, 1.165) is 0 Å². The average Bonchev–Trinajstić information content (AvgIpc) is 2.83. The van der Waals surface area contributed by atoms with Crippen LogP contribution < -0.4 is 20.3 Å². The fraction of sp³-hybridized carbons (Fsp3) is 0.455. The lowest BCUT2D eigenvalue weighted by Gasteiger charge is -2.36. The SMILES string of the molecule is Cc1cc(F)cc(C)c1Oc1ccc(C(C)(C)O)cc1-c1cn(C)c(=O)cc1OC1CC(CNC(=O)OC(C)(C)C)C1. The number of carbonyl (C=O) groups is 1. The van der Waals surface area contributed by atoms with Gasteiger partial charge in [-0.15, -0.1) is 0 Å². The third kappa shape index (κ3) is 7.50. The van der Waals surface area contributed by atoms with Gasteiger partial charge in [-0.1, -0.05) is 6.07 Å². The molecule has 226 valence electrons. The van der Waals surface area contributed by atoms with E-state index in [9.17, 15) is 19.1 Å². The maximum absolute atomic E-state index is 14.0. The number of aryl methyl sites for hydroxylation is 3. The minimum absolute atomic E-state index is 0.148. The van der Waals surface area contributed by atoms with Crippen LogP contribution in [0.25, 0.3) is 11.1 Å². The number of halogens is 1. The number of aromatic nitrogens is 1. The molecule has 0 unspecified atom stereocenters. The number of benzene rings is 2. The Labute approximate surface area is 246 Å². The third-order valence-corrected chi connectivity index (χ3v) is 7.22. The lowest BCUT2D eigenvalue weighted by molar-refractivity contribution is 0.0416.